The molecule has 0 spiro atoms. The summed E-state index contributed by atoms with van der Waals surface area (Å²) in [6.07, 6.45) is 3.72. The van der Waals surface area contributed by atoms with Crippen molar-refractivity contribution in [2.75, 3.05) is 0 Å². The number of Topliss-reactive ketones (excluding diaryl/α,β-unsaturated/α-hetero) is 1. The second-order valence-corrected chi connectivity index (χ2v) is 8.35. The van der Waals surface area contributed by atoms with Gasteiger partial charge in [-0.25, -0.2) is 0 Å². The Morgan fingerprint density at radius 1 is 0.935 bits per heavy atom. The second-order valence-electron chi connectivity index (χ2n) is 8.35. The highest BCUT2D eigenvalue weighted by molar-refractivity contribution is 6.03. The van der Waals surface area contributed by atoms with E-state index in [1.807, 2.05) is 39.8 Å². The van der Waals surface area contributed by atoms with Gasteiger partial charge in [0.15, 0.2) is 17.3 Å². The minimum Gasteiger partial charge on any atom is -0.507 e. The number of ketones is 1. The van der Waals surface area contributed by atoms with Crippen molar-refractivity contribution in [2.45, 2.75) is 53.1 Å². The Morgan fingerprint density at radius 2 is 1.58 bits per heavy atom. The van der Waals surface area contributed by atoms with Gasteiger partial charge in [0, 0.05) is 17.2 Å². The maximum atomic E-state index is 12.9. The molecule has 0 bridgehead atoms. The second kappa shape index (κ2) is 8.76. The van der Waals surface area contributed by atoms with E-state index >= 15 is 0 Å². The fourth-order valence-electron chi connectivity index (χ4n) is 3.55. The van der Waals surface area contributed by atoms with Crippen LogP contribution in [0.25, 0.3) is 0 Å². The summed E-state index contributed by atoms with van der Waals surface area (Å²) in [6, 6.07) is 4.41. The van der Waals surface area contributed by atoms with Crippen molar-refractivity contribution in [2.24, 2.45) is 0 Å². The van der Waals surface area contributed by atoms with Gasteiger partial charge in [-0.1, -0.05) is 23.3 Å². The highest BCUT2D eigenvalue weighted by Gasteiger charge is 2.33. The minimum atomic E-state index is -0.723. The van der Waals surface area contributed by atoms with Crippen LogP contribution >= 0.6 is 0 Å². The Labute approximate surface area is 181 Å². The van der Waals surface area contributed by atoms with Gasteiger partial charge in [-0.05, 0) is 58.2 Å². The highest BCUT2D eigenvalue weighted by Crippen LogP contribution is 2.45. The molecule has 2 aromatic carbocycles. The summed E-state index contributed by atoms with van der Waals surface area (Å²) >= 11 is 0. The molecular weight excluding hydrogens is 396 g/mol. The van der Waals surface area contributed by atoms with Crippen molar-refractivity contribution < 1.29 is 30.0 Å². The predicted molar refractivity (Wildman–Crippen MR) is 118 cm³/mol. The van der Waals surface area contributed by atoms with Crippen LogP contribution < -0.4 is 4.74 Å². The summed E-state index contributed by atoms with van der Waals surface area (Å²) in [4.78, 5) is 12.9. The molecule has 1 aliphatic heterocycles. The molecule has 164 valence electrons. The van der Waals surface area contributed by atoms with Crippen LogP contribution in [0.2, 0.25) is 0 Å². The smallest absolute Gasteiger partial charge is 0.174 e. The van der Waals surface area contributed by atoms with Crippen LogP contribution in [0, 0.1) is 0 Å². The average molecular weight is 424 g/mol. The lowest BCUT2D eigenvalue weighted by Gasteiger charge is -2.27. The zero-order valence-electron chi connectivity index (χ0n) is 18.2. The lowest BCUT2D eigenvalue weighted by Crippen LogP contribution is -2.21. The van der Waals surface area contributed by atoms with Crippen LogP contribution in [0.1, 0.15) is 67.3 Å². The highest BCUT2D eigenvalue weighted by atomic mass is 16.5. The molecule has 0 radical (unpaired) electrons. The third-order valence-electron chi connectivity index (χ3n) is 5.27. The van der Waals surface area contributed by atoms with Gasteiger partial charge in [0.2, 0.25) is 0 Å². The molecule has 0 fully saturated rings. The molecule has 3 rings (SSSR count). The van der Waals surface area contributed by atoms with E-state index in [1.54, 1.807) is 6.07 Å². The van der Waals surface area contributed by atoms with Gasteiger partial charge in [0.1, 0.15) is 28.9 Å². The molecular formula is C25H28O6. The van der Waals surface area contributed by atoms with Crippen LogP contribution in [0.15, 0.2) is 41.5 Å². The predicted octanol–water partition coefficient (Wildman–Crippen LogP) is 5.23. The summed E-state index contributed by atoms with van der Waals surface area (Å²) in [5.74, 6) is -1.15. The van der Waals surface area contributed by atoms with E-state index in [2.05, 4.69) is 0 Å². The first kappa shape index (κ1) is 22.3. The standard InChI is InChI=1S/C25H28O6/c1-13(2)5-7-15-9-16(10-20(28)24(15)29)21-12-19(27)23-22(31-21)11-18(26)17(25(23)30)8-6-14(3)4/h5-6,9-11,21,26,28-30H,7-8,12H2,1-4H3. The first-order valence-corrected chi connectivity index (χ1v) is 10.2. The number of phenols is 4. The summed E-state index contributed by atoms with van der Waals surface area (Å²) in [7, 11) is 0. The Hall–Kier alpha value is -3.41. The fraction of sp³-hybridized carbons (Fsp3) is 0.320. The third kappa shape index (κ3) is 4.68. The first-order chi connectivity index (χ1) is 14.6. The summed E-state index contributed by atoms with van der Waals surface area (Å²) in [5.41, 5.74) is 3.47. The lowest BCUT2D eigenvalue weighted by atomic mass is 9.91. The number of benzene rings is 2. The van der Waals surface area contributed by atoms with Gasteiger partial charge >= 0.3 is 0 Å². The quantitative estimate of drug-likeness (QED) is 0.387. The monoisotopic (exact) mass is 424 g/mol. The minimum absolute atomic E-state index is 0.0419. The summed E-state index contributed by atoms with van der Waals surface area (Å²) in [6.45, 7) is 7.69. The van der Waals surface area contributed by atoms with E-state index in [4.69, 9.17) is 4.74 Å². The first-order valence-electron chi connectivity index (χ1n) is 10.2. The molecule has 0 aliphatic carbocycles. The number of phenolic OH excluding ortho intramolecular Hbond substituents is 4. The van der Waals surface area contributed by atoms with Crippen molar-refractivity contribution in [1.82, 2.24) is 0 Å². The van der Waals surface area contributed by atoms with Gasteiger partial charge in [0.05, 0.1) is 6.42 Å². The van der Waals surface area contributed by atoms with Crippen LogP contribution in [-0.2, 0) is 12.8 Å². The van der Waals surface area contributed by atoms with Crippen molar-refractivity contribution in [3.8, 4) is 28.7 Å². The topological polar surface area (TPSA) is 107 Å². The maximum absolute atomic E-state index is 12.9. The van der Waals surface area contributed by atoms with E-state index < -0.39 is 6.10 Å². The number of allylic oxidation sites excluding steroid dienone is 4. The van der Waals surface area contributed by atoms with Crippen molar-refractivity contribution in [3.05, 3.63) is 63.8 Å². The molecule has 6 heteroatoms. The zero-order valence-corrected chi connectivity index (χ0v) is 18.2. The molecule has 0 amide bonds. The van der Waals surface area contributed by atoms with E-state index in [-0.39, 0.29) is 52.1 Å². The Kier molecular flexibility index (Phi) is 6.29. The van der Waals surface area contributed by atoms with Crippen molar-refractivity contribution in [1.29, 1.82) is 0 Å². The largest absolute Gasteiger partial charge is 0.507 e. The van der Waals surface area contributed by atoms with Crippen molar-refractivity contribution in [3.63, 3.8) is 0 Å². The number of hydrogen-bond acceptors (Lipinski definition) is 6. The van der Waals surface area contributed by atoms with E-state index in [0.717, 1.165) is 11.1 Å². The number of ether oxygens (including phenoxy) is 1. The van der Waals surface area contributed by atoms with Crippen molar-refractivity contribution >= 4 is 5.78 Å². The molecule has 4 N–H and O–H groups in total. The molecule has 6 nitrogen and oxygen atoms in total. The van der Waals surface area contributed by atoms with Crippen LogP contribution in [0.4, 0.5) is 0 Å². The molecule has 1 heterocycles. The third-order valence-corrected chi connectivity index (χ3v) is 5.27. The number of fused-ring (bicyclic) bond motifs is 1. The zero-order chi connectivity index (χ0) is 22.9. The summed E-state index contributed by atoms with van der Waals surface area (Å²) in [5, 5.41) is 41.4. The SMILES string of the molecule is CC(C)=CCc1cc(C2CC(=O)c3c(cc(O)c(CC=C(C)C)c3O)O2)cc(O)c1O. The van der Waals surface area contributed by atoms with Gasteiger partial charge in [-0.15, -0.1) is 0 Å². The van der Waals surface area contributed by atoms with E-state index in [9.17, 15) is 25.2 Å². The van der Waals surface area contributed by atoms with Crippen LogP contribution in [-0.4, -0.2) is 26.2 Å². The number of carbonyl (C=O) groups is 1. The molecule has 1 unspecified atom stereocenters. The number of aromatic hydroxyl groups is 4. The molecule has 1 aliphatic rings. The molecule has 31 heavy (non-hydrogen) atoms. The molecule has 0 aromatic heterocycles. The fourth-order valence-corrected chi connectivity index (χ4v) is 3.55. The Bertz CT molecular complexity index is 1090. The van der Waals surface area contributed by atoms with Gasteiger partial charge in [-0.3, -0.25) is 4.79 Å². The number of carbonyl (C=O) groups excluding carboxylic acids is 1. The van der Waals surface area contributed by atoms with Crippen LogP contribution in [0.5, 0.6) is 28.7 Å². The normalized spacial score (nSPS) is 15.1. The molecule has 0 saturated heterocycles. The Balaban J connectivity index is 1.99. The summed E-state index contributed by atoms with van der Waals surface area (Å²) < 4.78 is 5.94. The molecule has 2 aromatic rings. The van der Waals surface area contributed by atoms with E-state index in [1.165, 1.54) is 12.1 Å². The van der Waals surface area contributed by atoms with Crippen LogP contribution in [0.3, 0.4) is 0 Å². The van der Waals surface area contributed by atoms with E-state index in [0.29, 0.717) is 24.0 Å². The Morgan fingerprint density at radius 3 is 2.23 bits per heavy atom. The molecule has 0 saturated carbocycles. The lowest BCUT2D eigenvalue weighted by molar-refractivity contribution is 0.0844. The molecule has 1 atom stereocenters. The van der Waals surface area contributed by atoms with Gasteiger partial charge in [-0.2, -0.15) is 0 Å². The number of hydrogen-bond donors (Lipinski definition) is 4. The maximum Gasteiger partial charge on any atom is 0.174 e. The van der Waals surface area contributed by atoms with Gasteiger partial charge < -0.3 is 25.2 Å². The average Bonchev–Trinajstić information content (AvgIpc) is 2.67. The number of rotatable bonds is 5. The van der Waals surface area contributed by atoms with Gasteiger partial charge in [0.25, 0.3) is 0 Å².